The molecule has 0 aliphatic carbocycles. The lowest BCUT2D eigenvalue weighted by molar-refractivity contribution is -0.132. The molecule has 32 heavy (non-hydrogen) atoms. The van der Waals surface area contributed by atoms with Gasteiger partial charge in [-0.05, 0) is 62.4 Å². The average Bonchev–Trinajstić information content (AvgIpc) is 2.78. The third kappa shape index (κ3) is 6.39. The molecule has 1 aliphatic heterocycles. The van der Waals surface area contributed by atoms with Crippen molar-refractivity contribution >= 4 is 17.7 Å². The predicted molar refractivity (Wildman–Crippen MR) is 120 cm³/mol. The molecule has 2 N–H and O–H groups in total. The molecule has 0 saturated carbocycles. The molecule has 0 bridgehead atoms. The molecule has 1 fully saturated rings. The molecule has 2 aromatic carbocycles. The van der Waals surface area contributed by atoms with Crippen molar-refractivity contribution in [1.29, 1.82) is 0 Å². The topological polar surface area (TPSA) is 78.5 Å². The second-order valence-corrected chi connectivity index (χ2v) is 8.50. The Morgan fingerprint density at radius 1 is 0.969 bits per heavy atom. The number of carbonyl (C=O) groups is 3. The van der Waals surface area contributed by atoms with Crippen LogP contribution >= 0.6 is 0 Å². The van der Waals surface area contributed by atoms with E-state index in [2.05, 4.69) is 10.6 Å². The molecule has 1 saturated heterocycles. The summed E-state index contributed by atoms with van der Waals surface area (Å²) in [6, 6.07) is 14.0. The van der Waals surface area contributed by atoms with Crippen LogP contribution in [0.3, 0.4) is 0 Å². The number of hydrogen-bond donors (Lipinski definition) is 2. The number of hydrogen-bond acceptors (Lipinski definition) is 3. The third-order valence-electron chi connectivity index (χ3n) is 5.67. The van der Waals surface area contributed by atoms with Crippen molar-refractivity contribution in [3.05, 3.63) is 71.5 Å². The van der Waals surface area contributed by atoms with Gasteiger partial charge in [-0.15, -0.1) is 0 Å². The second-order valence-electron chi connectivity index (χ2n) is 8.50. The van der Waals surface area contributed by atoms with Gasteiger partial charge in [-0.1, -0.05) is 30.3 Å². The van der Waals surface area contributed by atoms with Gasteiger partial charge in [-0.3, -0.25) is 14.4 Å². The minimum Gasteiger partial charge on any atom is -0.352 e. The van der Waals surface area contributed by atoms with Crippen LogP contribution in [0.15, 0.2) is 54.6 Å². The van der Waals surface area contributed by atoms with Gasteiger partial charge < -0.3 is 15.5 Å². The van der Waals surface area contributed by atoms with E-state index in [-0.39, 0.29) is 23.8 Å². The number of piperidine rings is 1. The summed E-state index contributed by atoms with van der Waals surface area (Å²) >= 11 is 0. The van der Waals surface area contributed by atoms with Crippen LogP contribution < -0.4 is 10.6 Å². The SMILES string of the molecule is CC(C)NC(=O)C(NC(=O)c1ccc(F)cc1)C1CCN(C(=O)Cc2ccccc2)CC1. The van der Waals surface area contributed by atoms with Crippen LogP contribution in [0.2, 0.25) is 0 Å². The van der Waals surface area contributed by atoms with Crippen LogP contribution in [0.1, 0.15) is 42.6 Å². The van der Waals surface area contributed by atoms with Gasteiger partial charge in [0.2, 0.25) is 11.8 Å². The summed E-state index contributed by atoms with van der Waals surface area (Å²) in [4.78, 5) is 40.0. The molecule has 1 heterocycles. The maximum absolute atomic E-state index is 13.2. The van der Waals surface area contributed by atoms with Crippen LogP contribution in [0.25, 0.3) is 0 Å². The lowest BCUT2D eigenvalue weighted by Gasteiger charge is -2.36. The standard InChI is InChI=1S/C25H30FN3O3/c1-17(2)27-25(32)23(28-24(31)20-8-10-21(26)11-9-20)19-12-14-29(15-13-19)22(30)16-18-6-4-3-5-7-18/h3-11,17,19,23H,12-16H2,1-2H3,(H,27,32)(H,28,31). The summed E-state index contributed by atoms with van der Waals surface area (Å²) < 4.78 is 13.2. The molecular weight excluding hydrogens is 409 g/mol. The van der Waals surface area contributed by atoms with E-state index in [0.717, 1.165) is 5.56 Å². The van der Waals surface area contributed by atoms with E-state index in [0.29, 0.717) is 37.9 Å². The van der Waals surface area contributed by atoms with Crippen molar-refractivity contribution < 1.29 is 18.8 Å². The zero-order valence-corrected chi connectivity index (χ0v) is 18.5. The second kappa shape index (κ2) is 10.9. The molecular formula is C25H30FN3O3. The van der Waals surface area contributed by atoms with Gasteiger partial charge >= 0.3 is 0 Å². The van der Waals surface area contributed by atoms with Crippen LogP contribution in [-0.4, -0.2) is 47.8 Å². The molecule has 3 amide bonds. The normalized spacial score (nSPS) is 15.3. The highest BCUT2D eigenvalue weighted by Crippen LogP contribution is 2.22. The van der Waals surface area contributed by atoms with Crippen LogP contribution in [0, 0.1) is 11.7 Å². The highest BCUT2D eigenvalue weighted by molar-refractivity contribution is 5.97. The number of nitrogens with zero attached hydrogens (tertiary/aromatic N) is 1. The summed E-state index contributed by atoms with van der Waals surface area (Å²) in [7, 11) is 0. The van der Waals surface area contributed by atoms with Gasteiger partial charge in [0.1, 0.15) is 11.9 Å². The number of rotatable bonds is 7. The van der Waals surface area contributed by atoms with Crippen molar-refractivity contribution in [3.8, 4) is 0 Å². The first-order chi connectivity index (χ1) is 15.3. The van der Waals surface area contributed by atoms with Crippen LogP contribution in [-0.2, 0) is 16.0 Å². The minimum atomic E-state index is -0.721. The molecule has 2 aromatic rings. The van der Waals surface area contributed by atoms with Gasteiger partial charge in [-0.2, -0.15) is 0 Å². The van der Waals surface area contributed by atoms with E-state index in [4.69, 9.17) is 0 Å². The van der Waals surface area contributed by atoms with E-state index < -0.39 is 17.8 Å². The van der Waals surface area contributed by atoms with Crippen LogP contribution in [0.4, 0.5) is 4.39 Å². The Bertz CT molecular complexity index is 923. The summed E-state index contributed by atoms with van der Waals surface area (Å²) in [6.45, 7) is 4.80. The van der Waals surface area contributed by atoms with E-state index >= 15 is 0 Å². The Hall–Kier alpha value is -3.22. The van der Waals surface area contributed by atoms with Crippen molar-refractivity contribution in [3.63, 3.8) is 0 Å². The minimum absolute atomic E-state index is 0.0631. The van der Waals surface area contributed by atoms with Crippen molar-refractivity contribution in [2.45, 2.75) is 45.2 Å². The van der Waals surface area contributed by atoms with Crippen molar-refractivity contribution in [1.82, 2.24) is 15.5 Å². The van der Waals surface area contributed by atoms with Gasteiger partial charge in [-0.25, -0.2) is 4.39 Å². The van der Waals surface area contributed by atoms with Gasteiger partial charge in [0, 0.05) is 24.7 Å². The highest BCUT2D eigenvalue weighted by Gasteiger charge is 2.34. The van der Waals surface area contributed by atoms with Crippen molar-refractivity contribution in [2.75, 3.05) is 13.1 Å². The van der Waals surface area contributed by atoms with E-state index in [1.165, 1.54) is 24.3 Å². The Morgan fingerprint density at radius 2 is 1.59 bits per heavy atom. The molecule has 0 radical (unpaired) electrons. The summed E-state index contributed by atoms with van der Waals surface area (Å²) in [5.41, 5.74) is 1.27. The van der Waals surface area contributed by atoms with Gasteiger partial charge in [0.15, 0.2) is 0 Å². The van der Waals surface area contributed by atoms with E-state index in [1.54, 1.807) is 0 Å². The zero-order chi connectivity index (χ0) is 23.1. The lowest BCUT2D eigenvalue weighted by atomic mass is 9.88. The predicted octanol–water partition coefficient (Wildman–Crippen LogP) is 2.93. The summed E-state index contributed by atoms with van der Waals surface area (Å²) in [5, 5.41) is 5.71. The molecule has 6 nitrogen and oxygen atoms in total. The van der Waals surface area contributed by atoms with E-state index in [9.17, 15) is 18.8 Å². The Balaban J connectivity index is 1.64. The number of halogens is 1. The fourth-order valence-corrected chi connectivity index (χ4v) is 3.96. The molecule has 1 aliphatic rings. The number of amides is 3. The number of nitrogens with one attached hydrogen (secondary N) is 2. The Kier molecular flexibility index (Phi) is 7.98. The molecule has 0 spiro atoms. The zero-order valence-electron chi connectivity index (χ0n) is 18.5. The Labute approximate surface area is 188 Å². The van der Waals surface area contributed by atoms with Gasteiger partial charge in [0.25, 0.3) is 5.91 Å². The summed E-state index contributed by atoms with van der Waals surface area (Å²) in [6.07, 6.45) is 1.57. The molecule has 3 rings (SSSR count). The number of benzene rings is 2. The fraction of sp³-hybridized carbons (Fsp3) is 0.400. The monoisotopic (exact) mass is 439 g/mol. The molecule has 1 unspecified atom stereocenters. The largest absolute Gasteiger partial charge is 0.352 e. The first kappa shape index (κ1) is 23.4. The molecule has 170 valence electrons. The average molecular weight is 440 g/mol. The first-order valence-corrected chi connectivity index (χ1v) is 11.0. The van der Waals surface area contributed by atoms with Crippen molar-refractivity contribution in [2.24, 2.45) is 5.92 Å². The number of likely N-dealkylation sites (tertiary alicyclic amines) is 1. The summed E-state index contributed by atoms with van der Waals surface area (Å²) in [5.74, 6) is -1.13. The molecule has 1 atom stereocenters. The third-order valence-corrected chi connectivity index (χ3v) is 5.67. The fourth-order valence-electron chi connectivity index (χ4n) is 3.96. The highest BCUT2D eigenvalue weighted by atomic mass is 19.1. The lowest BCUT2D eigenvalue weighted by Crippen LogP contribution is -2.54. The first-order valence-electron chi connectivity index (χ1n) is 11.0. The quantitative estimate of drug-likeness (QED) is 0.696. The van der Waals surface area contributed by atoms with Crippen LogP contribution in [0.5, 0.6) is 0 Å². The molecule has 7 heteroatoms. The van der Waals surface area contributed by atoms with Gasteiger partial charge in [0.05, 0.1) is 6.42 Å². The maximum Gasteiger partial charge on any atom is 0.251 e. The molecule has 0 aromatic heterocycles. The Morgan fingerprint density at radius 3 is 2.19 bits per heavy atom. The smallest absolute Gasteiger partial charge is 0.251 e. The van der Waals surface area contributed by atoms with E-state index in [1.807, 2.05) is 49.1 Å². The maximum atomic E-state index is 13.2. The number of carbonyl (C=O) groups excluding carboxylic acids is 3.